The highest BCUT2D eigenvalue weighted by Gasteiger charge is 2.15. The first-order chi connectivity index (χ1) is 7.40. The van der Waals surface area contributed by atoms with Crippen molar-refractivity contribution in [3.63, 3.8) is 0 Å². The van der Waals surface area contributed by atoms with Gasteiger partial charge in [-0.25, -0.2) is 0 Å². The largest absolute Gasteiger partial charge is 0.462 e. The molecule has 16 heavy (non-hydrogen) atoms. The molecular formula is C12H26N2O2. The van der Waals surface area contributed by atoms with Crippen molar-refractivity contribution in [3.8, 4) is 0 Å². The Bertz CT molecular complexity index is 190. The van der Waals surface area contributed by atoms with Gasteiger partial charge in [-0.1, -0.05) is 6.92 Å². The summed E-state index contributed by atoms with van der Waals surface area (Å²) in [4.78, 5) is 12.0. The molecule has 1 fully saturated rings. The van der Waals surface area contributed by atoms with E-state index in [-0.39, 0.29) is 5.60 Å². The molecule has 0 aromatic heterocycles. The van der Waals surface area contributed by atoms with Gasteiger partial charge in [-0.05, 0) is 34.2 Å². The fraction of sp³-hybridized carbons (Fsp3) is 0.917. The molecule has 1 saturated heterocycles. The first-order valence-electron chi connectivity index (χ1n) is 5.93. The van der Waals surface area contributed by atoms with E-state index < -0.39 is 0 Å². The van der Waals surface area contributed by atoms with E-state index in [0.717, 1.165) is 12.6 Å². The number of hydrogen-bond donors (Lipinski definition) is 1. The van der Waals surface area contributed by atoms with Gasteiger partial charge in [-0.2, -0.15) is 0 Å². The number of hydrogen-bond acceptors (Lipinski definition) is 4. The smallest absolute Gasteiger partial charge is 0.293 e. The molecule has 0 amide bonds. The highest BCUT2D eigenvalue weighted by Crippen LogP contribution is 2.03. The van der Waals surface area contributed by atoms with Gasteiger partial charge in [0.05, 0.1) is 0 Å². The Morgan fingerprint density at radius 3 is 2.38 bits per heavy atom. The van der Waals surface area contributed by atoms with Crippen LogP contribution in [0.3, 0.4) is 0 Å². The van der Waals surface area contributed by atoms with Gasteiger partial charge < -0.3 is 15.0 Å². The zero-order valence-corrected chi connectivity index (χ0v) is 11.2. The molecule has 1 rings (SSSR count). The minimum Gasteiger partial charge on any atom is -0.462 e. The Balaban J connectivity index is 0.000000293. The molecule has 4 heteroatoms. The average Bonchev–Trinajstić information content (AvgIpc) is 2.17. The molecule has 1 unspecified atom stereocenters. The molecule has 0 spiro atoms. The summed E-state index contributed by atoms with van der Waals surface area (Å²) in [6.07, 6.45) is 1.27. The minimum atomic E-state index is -0.318. The van der Waals surface area contributed by atoms with Crippen LogP contribution in [0.1, 0.15) is 34.1 Å². The minimum absolute atomic E-state index is 0.318. The van der Waals surface area contributed by atoms with Crippen LogP contribution >= 0.6 is 0 Å². The van der Waals surface area contributed by atoms with E-state index in [1.165, 1.54) is 19.5 Å². The molecule has 1 heterocycles. The third-order valence-electron chi connectivity index (χ3n) is 2.52. The zero-order valence-electron chi connectivity index (χ0n) is 11.2. The first kappa shape index (κ1) is 15.4. The number of likely N-dealkylation sites (N-methyl/N-ethyl adjacent to an activating group) is 1. The molecule has 1 atom stereocenters. The van der Waals surface area contributed by atoms with E-state index in [9.17, 15) is 4.79 Å². The van der Waals surface area contributed by atoms with Crippen LogP contribution in [0.2, 0.25) is 0 Å². The van der Waals surface area contributed by atoms with Gasteiger partial charge in [-0.3, -0.25) is 4.79 Å². The summed E-state index contributed by atoms with van der Waals surface area (Å²) in [5.41, 5.74) is -0.318. The van der Waals surface area contributed by atoms with Crippen molar-refractivity contribution >= 4 is 6.47 Å². The monoisotopic (exact) mass is 230 g/mol. The molecular weight excluding hydrogens is 204 g/mol. The van der Waals surface area contributed by atoms with Crippen LogP contribution in [-0.4, -0.2) is 49.7 Å². The lowest BCUT2D eigenvalue weighted by Crippen LogP contribution is -2.48. The number of ether oxygens (including phenoxy) is 1. The molecule has 1 N–H and O–H groups in total. The normalized spacial score (nSPS) is 21.9. The van der Waals surface area contributed by atoms with Crippen LogP contribution in [0.25, 0.3) is 0 Å². The fourth-order valence-corrected chi connectivity index (χ4v) is 1.46. The van der Waals surface area contributed by atoms with E-state index in [4.69, 9.17) is 0 Å². The van der Waals surface area contributed by atoms with Crippen molar-refractivity contribution in [2.45, 2.75) is 45.8 Å². The SMILES string of the molecule is CC(C)(C)OC=O.CCC1CNCCN1C. The van der Waals surface area contributed by atoms with Gasteiger partial charge in [-0.15, -0.1) is 0 Å². The molecule has 0 aliphatic carbocycles. The summed E-state index contributed by atoms with van der Waals surface area (Å²) < 4.78 is 4.55. The van der Waals surface area contributed by atoms with Crippen molar-refractivity contribution < 1.29 is 9.53 Å². The summed E-state index contributed by atoms with van der Waals surface area (Å²) in [6.45, 7) is 11.7. The summed E-state index contributed by atoms with van der Waals surface area (Å²) in [7, 11) is 2.20. The second-order valence-corrected chi connectivity index (χ2v) is 5.07. The summed E-state index contributed by atoms with van der Waals surface area (Å²) in [5, 5.41) is 3.37. The van der Waals surface area contributed by atoms with Crippen LogP contribution < -0.4 is 5.32 Å². The highest BCUT2D eigenvalue weighted by molar-refractivity contribution is 5.37. The van der Waals surface area contributed by atoms with Gasteiger partial charge >= 0.3 is 0 Å². The number of carbonyl (C=O) groups excluding carboxylic acids is 1. The molecule has 0 saturated carbocycles. The maximum atomic E-state index is 9.60. The van der Waals surface area contributed by atoms with Gasteiger partial charge in [0.2, 0.25) is 0 Å². The summed E-state index contributed by atoms with van der Waals surface area (Å²) >= 11 is 0. The van der Waals surface area contributed by atoms with Crippen LogP contribution in [0.4, 0.5) is 0 Å². The Kier molecular flexibility index (Phi) is 7.34. The van der Waals surface area contributed by atoms with Crippen LogP contribution in [-0.2, 0) is 9.53 Å². The van der Waals surface area contributed by atoms with Crippen molar-refractivity contribution in [2.75, 3.05) is 26.7 Å². The van der Waals surface area contributed by atoms with E-state index in [2.05, 4.69) is 28.9 Å². The number of nitrogens with one attached hydrogen (secondary N) is 1. The second kappa shape index (κ2) is 7.63. The van der Waals surface area contributed by atoms with Crippen molar-refractivity contribution in [2.24, 2.45) is 0 Å². The number of carbonyl (C=O) groups is 1. The van der Waals surface area contributed by atoms with Gasteiger partial charge in [0.25, 0.3) is 6.47 Å². The lowest BCUT2D eigenvalue weighted by atomic mass is 10.1. The Labute approximate surface area is 99.3 Å². The molecule has 0 aromatic carbocycles. The Hall–Kier alpha value is -0.610. The summed E-state index contributed by atoms with van der Waals surface area (Å²) in [5.74, 6) is 0. The van der Waals surface area contributed by atoms with Crippen LogP contribution in [0, 0.1) is 0 Å². The average molecular weight is 230 g/mol. The molecule has 96 valence electrons. The third-order valence-corrected chi connectivity index (χ3v) is 2.52. The Morgan fingerprint density at radius 1 is 1.50 bits per heavy atom. The van der Waals surface area contributed by atoms with Gasteiger partial charge in [0.15, 0.2) is 0 Å². The predicted molar refractivity (Wildman–Crippen MR) is 66.5 cm³/mol. The Morgan fingerprint density at radius 2 is 2.12 bits per heavy atom. The first-order valence-corrected chi connectivity index (χ1v) is 5.93. The maximum absolute atomic E-state index is 9.60. The number of nitrogens with zero attached hydrogens (tertiary/aromatic N) is 1. The number of rotatable bonds is 2. The van der Waals surface area contributed by atoms with Crippen molar-refractivity contribution in [1.29, 1.82) is 0 Å². The van der Waals surface area contributed by atoms with Crippen LogP contribution in [0.15, 0.2) is 0 Å². The van der Waals surface area contributed by atoms with E-state index in [1.807, 2.05) is 20.8 Å². The molecule has 1 aliphatic heterocycles. The number of piperazine rings is 1. The molecule has 0 bridgehead atoms. The van der Waals surface area contributed by atoms with E-state index in [1.54, 1.807) is 0 Å². The second-order valence-electron chi connectivity index (χ2n) is 5.07. The maximum Gasteiger partial charge on any atom is 0.293 e. The van der Waals surface area contributed by atoms with E-state index >= 15 is 0 Å². The zero-order chi connectivity index (χ0) is 12.6. The highest BCUT2D eigenvalue weighted by atomic mass is 16.5. The molecule has 1 aliphatic rings. The quantitative estimate of drug-likeness (QED) is 0.725. The molecule has 0 aromatic rings. The third kappa shape index (κ3) is 7.65. The van der Waals surface area contributed by atoms with Crippen molar-refractivity contribution in [3.05, 3.63) is 0 Å². The van der Waals surface area contributed by atoms with Crippen LogP contribution in [0.5, 0.6) is 0 Å². The van der Waals surface area contributed by atoms with Crippen molar-refractivity contribution in [1.82, 2.24) is 10.2 Å². The molecule has 4 nitrogen and oxygen atoms in total. The summed E-state index contributed by atoms with van der Waals surface area (Å²) in [6, 6.07) is 0.777. The topological polar surface area (TPSA) is 41.6 Å². The predicted octanol–water partition coefficient (Wildman–Crippen LogP) is 1.26. The lowest BCUT2D eigenvalue weighted by Gasteiger charge is -2.32. The standard InChI is InChI=1S/C7H16N2.C5H10O2/c1-3-7-6-8-4-5-9(7)2;1-5(2,3)7-4-6/h7-8H,3-6H2,1-2H3;4H,1-3H3. The van der Waals surface area contributed by atoms with Gasteiger partial charge in [0.1, 0.15) is 5.60 Å². The van der Waals surface area contributed by atoms with Gasteiger partial charge in [0, 0.05) is 25.7 Å². The lowest BCUT2D eigenvalue weighted by molar-refractivity contribution is -0.138. The molecule has 0 radical (unpaired) electrons. The van der Waals surface area contributed by atoms with E-state index in [0.29, 0.717) is 6.47 Å². The fourth-order valence-electron chi connectivity index (χ4n) is 1.46.